The molecule has 0 aromatic heterocycles. The standard InChI is InChI=1S/C20H34N4O2S/c1-4-6-7-8-9-10-13-23(5-2)20(27)24-15-17(25)22(3)18(19(24)26)16-11-12-21-14-16/h11,18,21H,4-10,12-15H2,1-3H3. The summed E-state index contributed by atoms with van der Waals surface area (Å²) < 4.78 is 0. The van der Waals surface area contributed by atoms with Gasteiger partial charge in [-0.05, 0) is 31.1 Å². The minimum atomic E-state index is -0.535. The van der Waals surface area contributed by atoms with Gasteiger partial charge in [0.2, 0.25) is 5.91 Å². The summed E-state index contributed by atoms with van der Waals surface area (Å²) in [5.74, 6) is -0.149. The molecule has 27 heavy (non-hydrogen) atoms. The molecule has 2 amide bonds. The molecule has 152 valence electrons. The van der Waals surface area contributed by atoms with Gasteiger partial charge in [0.1, 0.15) is 12.6 Å². The Morgan fingerprint density at radius 2 is 1.93 bits per heavy atom. The number of hydrogen-bond donors (Lipinski definition) is 1. The molecule has 0 aromatic rings. The van der Waals surface area contributed by atoms with Gasteiger partial charge in [0.05, 0.1) is 0 Å². The van der Waals surface area contributed by atoms with Crippen LogP contribution in [0.5, 0.6) is 0 Å². The Kier molecular flexibility index (Phi) is 8.70. The van der Waals surface area contributed by atoms with Crippen molar-refractivity contribution < 1.29 is 9.59 Å². The van der Waals surface area contributed by atoms with Crippen molar-refractivity contribution in [3.05, 3.63) is 11.6 Å². The first kappa shape index (κ1) is 21.8. The predicted molar refractivity (Wildman–Crippen MR) is 112 cm³/mol. The first-order chi connectivity index (χ1) is 13.0. The molecule has 2 heterocycles. The van der Waals surface area contributed by atoms with Crippen LogP contribution in [0.2, 0.25) is 0 Å². The zero-order chi connectivity index (χ0) is 19.8. The summed E-state index contributed by atoms with van der Waals surface area (Å²) >= 11 is 5.64. The maximum absolute atomic E-state index is 13.1. The van der Waals surface area contributed by atoms with Crippen LogP contribution in [0.4, 0.5) is 0 Å². The highest BCUT2D eigenvalue weighted by Crippen LogP contribution is 2.21. The van der Waals surface area contributed by atoms with Crippen LogP contribution >= 0.6 is 12.2 Å². The van der Waals surface area contributed by atoms with E-state index in [9.17, 15) is 9.59 Å². The van der Waals surface area contributed by atoms with Crippen molar-refractivity contribution in [2.75, 3.05) is 39.8 Å². The normalized spacial score (nSPS) is 20.3. The van der Waals surface area contributed by atoms with Gasteiger partial charge >= 0.3 is 0 Å². The number of amides is 2. The number of nitrogens with zero attached hydrogens (tertiary/aromatic N) is 3. The van der Waals surface area contributed by atoms with Gasteiger partial charge in [0.15, 0.2) is 5.11 Å². The van der Waals surface area contributed by atoms with Gasteiger partial charge in [-0.25, -0.2) is 0 Å². The van der Waals surface area contributed by atoms with E-state index in [-0.39, 0.29) is 18.4 Å². The zero-order valence-corrected chi connectivity index (χ0v) is 17.8. The SMILES string of the molecule is CCCCCCCCN(CC)C(=S)N1CC(=O)N(C)C(C2=CCNC2)C1=O. The zero-order valence-electron chi connectivity index (χ0n) is 17.0. The lowest BCUT2D eigenvalue weighted by Gasteiger charge is -2.41. The molecular weight excluding hydrogens is 360 g/mol. The van der Waals surface area contributed by atoms with E-state index in [2.05, 4.69) is 17.1 Å². The fraction of sp³-hybridized carbons (Fsp3) is 0.750. The average Bonchev–Trinajstić information content (AvgIpc) is 3.18. The topological polar surface area (TPSA) is 55.9 Å². The van der Waals surface area contributed by atoms with Crippen LogP contribution in [-0.2, 0) is 9.59 Å². The molecule has 1 fully saturated rings. The van der Waals surface area contributed by atoms with Crippen molar-refractivity contribution in [3.8, 4) is 0 Å². The number of thiocarbonyl (C=S) groups is 1. The van der Waals surface area contributed by atoms with E-state index in [0.717, 1.165) is 31.6 Å². The van der Waals surface area contributed by atoms with Gasteiger partial charge in [0, 0.05) is 33.2 Å². The largest absolute Gasteiger partial charge is 0.349 e. The lowest BCUT2D eigenvalue weighted by atomic mass is 10.0. The summed E-state index contributed by atoms with van der Waals surface area (Å²) in [6.45, 7) is 7.27. The van der Waals surface area contributed by atoms with Gasteiger partial charge in [-0.15, -0.1) is 0 Å². The first-order valence-corrected chi connectivity index (χ1v) is 10.7. The Morgan fingerprint density at radius 1 is 1.22 bits per heavy atom. The molecule has 2 rings (SSSR count). The van der Waals surface area contributed by atoms with Crippen molar-refractivity contribution in [2.24, 2.45) is 0 Å². The molecule has 2 aliphatic heterocycles. The number of nitrogens with one attached hydrogen (secondary N) is 1. The van der Waals surface area contributed by atoms with E-state index in [1.165, 1.54) is 37.0 Å². The molecule has 1 unspecified atom stereocenters. The summed E-state index contributed by atoms with van der Waals surface area (Å²) in [7, 11) is 1.71. The number of carbonyl (C=O) groups excluding carboxylic acids is 2. The van der Waals surface area contributed by atoms with E-state index in [0.29, 0.717) is 11.7 Å². The van der Waals surface area contributed by atoms with Crippen LogP contribution in [0.3, 0.4) is 0 Å². The third-order valence-electron chi connectivity index (χ3n) is 5.43. The van der Waals surface area contributed by atoms with Crippen LogP contribution in [0.15, 0.2) is 11.6 Å². The molecule has 0 aromatic carbocycles. The van der Waals surface area contributed by atoms with Crippen molar-refractivity contribution >= 4 is 29.1 Å². The fourth-order valence-corrected chi connectivity index (χ4v) is 4.07. The maximum Gasteiger partial charge on any atom is 0.256 e. The number of likely N-dealkylation sites (N-methyl/N-ethyl adjacent to an activating group) is 1. The van der Waals surface area contributed by atoms with Crippen molar-refractivity contribution in [1.82, 2.24) is 20.0 Å². The van der Waals surface area contributed by atoms with E-state index in [1.807, 2.05) is 13.0 Å². The number of piperazine rings is 1. The molecule has 1 atom stereocenters. The molecule has 7 heteroatoms. The van der Waals surface area contributed by atoms with Gasteiger partial charge in [0.25, 0.3) is 5.91 Å². The van der Waals surface area contributed by atoms with E-state index >= 15 is 0 Å². The third kappa shape index (κ3) is 5.51. The molecule has 0 radical (unpaired) electrons. The molecular formula is C20H34N4O2S. The summed E-state index contributed by atoms with van der Waals surface area (Å²) in [6.07, 6.45) is 9.31. The van der Waals surface area contributed by atoms with Crippen molar-refractivity contribution in [1.29, 1.82) is 0 Å². The number of unbranched alkanes of at least 4 members (excludes halogenated alkanes) is 5. The molecule has 0 aliphatic carbocycles. The second-order valence-electron chi connectivity index (χ2n) is 7.37. The lowest BCUT2D eigenvalue weighted by molar-refractivity contribution is -0.149. The Labute approximate surface area is 168 Å². The quantitative estimate of drug-likeness (QED) is 0.369. The Hall–Kier alpha value is -1.47. The van der Waals surface area contributed by atoms with Gasteiger partial charge in [-0.1, -0.05) is 45.1 Å². The minimum absolute atomic E-state index is 0.0401. The van der Waals surface area contributed by atoms with Gasteiger partial charge in [-0.3, -0.25) is 14.5 Å². The van der Waals surface area contributed by atoms with Gasteiger partial charge < -0.3 is 15.1 Å². The van der Waals surface area contributed by atoms with E-state index in [1.54, 1.807) is 11.9 Å². The minimum Gasteiger partial charge on any atom is -0.349 e. The summed E-state index contributed by atoms with van der Waals surface area (Å²) in [5.41, 5.74) is 0.960. The Balaban J connectivity index is 1.97. The summed E-state index contributed by atoms with van der Waals surface area (Å²) in [4.78, 5) is 30.8. The van der Waals surface area contributed by atoms with Crippen molar-refractivity contribution in [3.63, 3.8) is 0 Å². The van der Waals surface area contributed by atoms with E-state index in [4.69, 9.17) is 12.2 Å². The highest BCUT2D eigenvalue weighted by atomic mass is 32.1. The highest BCUT2D eigenvalue weighted by molar-refractivity contribution is 7.80. The fourth-order valence-electron chi connectivity index (χ4n) is 3.69. The number of rotatable bonds is 9. The van der Waals surface area contributed by atoms with Crippen LogP contribution in [0.25, 0.3) is 0 Å². The molecule has 1 N–H and O–H groups in total. The second-order valence-corrected chi connectivity index (χ2v) is 7.74. The Bertz CT molecular complexity index is 578. The lowest BCUT2D eigenvalue weighted by Crippen LogP contribution is -2.62. The summed E-state index contributed by atoms with van der Waals surface area (Å²) in [6, 6.07) is -0.535. The molecule has 0 spiro atoms. The molecule has 1 saturated heterocycles. The predicted octanol–water partition coefficient (Wildman–Crippen LogP) is 2.15. The van der Waals surface area contributed by atoms with Crippen molar-refractivity contribution in [2.45, 2.75) is 58.4 Å². The monoisotopic (exact) mass is 394 g/mol. The maximum atomic E-state index is 13.1. The van der Waals surface area contributed by atoms with Crippen LogP contribution < -0.4 is 5.32 Å². The molecule has 0 bridgehead atoms. The van der Waals surface area contributed by atoms with Crippen LogP contribution in [0, 0.1) is 0 Å². The third-order valence-corrected chi connectivity index (χ3v) is 5.91. The molecule has 6 nitrogen and oxygen atoms in total. The summed E-state index contributed by atoms with van der Waals surface area (Å²) in [5, 5.41) is 3.70. The first-order valence-electron chi connectivity index (χ1n) is 10.3. The second kappa shape index (κ2) is 10.8. The number of carbonyl (C=O) groups is 2. The highest BCUT2D eigenvalue weighted by Gasteiger charge is 2.42. The van der Waals surface area contributed by atoms with Crippen LogP contribution in [0.1, 0.15) is 52.4 Å². The Morgan fingerprint density at radius 3 is 2.56 bits per heavy atom. The average molecular weight is 395 g/mol. The van der Waals surface area contributed by atoms with E-state index < -0.39 is 6.04 Å². The molecule has 0 saturated carbocycles. The number of hydrogen-bond acceptors (Lipinski definition) is 4. The smallest absolute Gasteiger partial charge is 0.256 e. The van der Waals surface area contributed by atoms with Crippen LogP contribution in [-0.4, -0.2) is 77.4 Å². The molecule has 2 aliphatic rings. The van der Waals surface area contributed by atoms with Gasteiger partial charge in [-0.2, -0.15) is 0 Å².